The first-order valence-corrected chi connectivity index (χ1v) is 4.49. The van der Waals surface area contributed by atoms with Crippen LogP contribution >= 0.6 is 0 Å². The van der Waals surface area contributed by atoms with Crippen LogP contribution in [-0.2, 0) is 5.60 Å². The predicted octanol–water partition coefficient (Wildman–Crippen LogP) is 3.06. The van der Waals surface area contributed by atoms with Crippen LogP contribution in [0.4, 0.5) is 22.0 Å². The molecule has 0 aliphatic rings. The number of alkyl halides is 5. The van der Waals surface area contributed by atoms with Crippen molar-refractivity contribution >= 4 is 0 Å². The summed E-state index contributed by atoms with van der Waals surface area (Å²) in [7, 11) is 0. The van der Waals surface area contributed by atoms with Crippen molar-refractivity contribution in [2.75, 3.05) is 0 Å². The number of benzene rings is 1. The molecule has 1 rings (SSSR count). The van der Waals surface area contributed by atoms with Crippen LogP contribution in [0.15, 0.2) is 24.3 Å². The minimum Gasteiger partial charge on any atom is -0.434 e. The van der Waals surface area contributed by atoms with Crippen molar-refractivity contribution in [3.8, 4) is 5.75 Å². The number of hydrogen-bond acceptors (Lipinski definition) is 2. The Labute approximate surface area is 93.6 Å². The van der Waals surface area contributed by atoms with Gasteiger partial charge in [0.2, 0.25) is 0 Å². The number of aliphatic hydroxyl groups is 1. The molecule has 1 aromatic carbocycles. The number of ether oxygens (including phenoxy) is 1. The first-order valence-electron chi connectivity index (χ1n) is 4.49. The SMILES string of the molecule is CC(O)(c1ccccc1OC(F)F)C(F)(F)F. The van der Waals surface area contributed by atoms with E-state index in [-0.39, 0.29) is 0 Å². The van der Waals surface area contributed by atoms with Gasteiger partial charge in [0.1, 0.15) is 5.75 Å². The quantitative estimate of drug-likeness (QED) is 0.842. The molecule has 0 spiro atoms. The maximum atomic E-state index is 12.5. The fraction of sp³-hybridized carbons (Fsp3) is 0.400. The summed E-state index contributed by atoms with van der Waals surface area (Å²) in [6, 6.07) is 4.23. The van der Waals surface area contributed by atoms with Gasteiger partial charge in [-0.3, -0.25) is 0 Å². The molecule has 0 radical (unpaired) electrons. The van der Waals surface area contributed by atoms with Crippen molar-refractivity contribution in [2.45, 2.75) is 25.3 Å². The Morgan fingerprint density at radius 1 is 1.18 bits per heavy atom. The lowest BCUT2D eigenvalue weighted by atomic mass is 9.94. The minimum absolute atomic E-state index is 0.473. The second kappa shape index (κ2) is 4.48. The molecule has 0 saturated heterocycles. The van der Waals surface area contributed by atoms with Crippen LogP contribution in [0.1, 0.15) is 12.5 Å². The summed E-state index contributed by atoms with van der Waals surface area (Å²) in [5.74, 6) is -0.704. The molecule has 7 heteroatoms. The van der Waals surface area contributed by atoms with Crippen LogP contribution in [0.25, 0.3) is 0 Å². The number of halogens is 5. The van der Waals surface area contributed by atoms with Crippen LogP contribution in [0.5, 0.6) is 5.75 Å². The van der Waals surface area contributed by atoms with E-state index in [0.717, 1.165) is 12.1 Å². The van der Waals surface area contributed by atoms with E-state index in [2.05, 4.69) is 4.74 Å². The van der Waals surface area contributed by atoms with Gasteiger partial charge < -0.3 is 9.84 Å². The molecular formula is C10H9F5O2. The van der Waals surface area contributed by atoms with Gasteiger partial charge in [0.05, 0.1) is 0 Å². The van der Waals surface area contributed by atoms with Gasteiger partial charge in [0, 0.05) is 5.56 Å². The minimum atomic E-state index is -4.99. The van der Waals surface area contributed by atoms with Gasteiger partial charge in [-0.2, -0.15) is 22.0 Å². The van der Waals surface area contributed by atoms with E-state index < -0.39 is 29.7 Å². The average Bonchev–Trinajstić information content (AvgIpc) is 2.15. The Morgan fingerprint density at radius 2 is 1.71 bits per heavy atom. The zero-order valence-corrected chi connectivity index (χ0v) is 8.63. The first kappa shape index (κ1) is 13.7. The molecule has 1 aromatic rings. The molecule has 0 bridgehead atoms. The molecule has 0 aromatic heterocycles. The molecule has 2 nitrogen and oxygen atoms in total. The highest BCUT2D eigenvalue weighted by atomic mass is 19.4. The highest BCUT2D eigenvalue weighted by Gasteiger charge is 2.52. The predicted molar refractivity (Wildman–Crippen MR) is 48.7 cm³/mol. The molecule has 0 aliphatic heterocycles. The van der Waals surface area contributed by atoms with E-state index in [4.69, 9.17) is 0 Å². The van der Waals surface area contributed by atoms with Crippen LogP contribution < -0.4 is 4.74 Å². The molecular weight excluding hydrogens is 247 g/mol. The van der Waals surface area contributed by atoms with Crippen molar-refractivity contribution in [3.63, 3.8) is 0 Å². The normalized spacial score (nSPS) is 15.8. The van der Waals surface area contributed by atoms with Crippen molar-refractivity contribution < 1.29 is 31.8 Å². The van der Waals surface area contributed by atoms with E-state index in [0.29, 0.717) is 6.92 Å². The molecule has 0 fully saturated rings. The third-order valence-corrected chi connectivity index (χ3v) is 2.18. The molecule has 1 N–H and O–H groups in total. The Morgan fingerprint density at radius 3 is 2.18 bits per heavy atom. The van der Waals surface area contributed by atoms with Crippen molar-refractivity contribution in [2.24, 2.45) is 0 Å². The second-order valence-electron chi connectivity index (χ2n) is 3.44. The highest BCUT2D eigenvalue weighted by molar-refractivity contribution is 5.38. The largest absolute Gasteiger partial charge is 0.434 e. The van der Waals surface area contributed by atoms with Gasteiger partial charge in [-0.1, -0.05) is 18.2 Å². The molecule has 96 valence electrons. The fourth-order valence-electron chi connectivity index (χ4n) is 1.22. The fourth-order valence-corrected chi connectivity index (χ4v) is 1.22. The first-order chi connectivity index (χ1) is 7.66. The molecule has 0 aliphatic carbocycles. The standard InChI is InChI=1S/C10H9F5O2/c1-9(16,10(13,14)15)6-4-2-3-5-7(6)17-8(11)12/h2-5,8,16H,1H3. The molecule has 1 unspecified atom stereocenters. The second-order valence-corrected chi connectivity index (χ2v) is 3.44. The molecule has 0 saturated carbocycles. The lowest BCUT2D eigenvalue weighted by Gasteiger charge is -2.28. The molecule has 1 atom stereocenters. The number of rotatable bonds is 3. The number of para-hydroxylation sites is 1. The van der Waals surface area contributed by atoms with Crippen LogP contribution in [0, 0.1) is 0 Å². The smallest absolute Gasteiger partial charge is 0.421 e. The summed E-state index contributed by atoms with van der Waals surface area (Å²) < 4.78 is 65.6. The Balaban J connectivity index is 3.22. The average molecular weight is 256 g/mol. The van der Waals surface area contributed by atoms with Gasteiger partial charge in [-0.15, -0.1) is 0 Å². The Bertz CT molecular complexity index is 387. The summed E-state index contributed by atoms with van der Waals surface area (Å²) in [6.45, 7) is -2.79. The lowest BCUT2D eigenvalue weighted by Crippen LogP contribution is -2.39. The summed E-state index contributed by atoms with van der Waals surface area (Å²) in [5, 5.41) is 9.37. The third kappa shape index (κ3) is 2.85. The van der Waals surface area contributed by atoms with Gasteiger partial charge >= 0.3 is 12.8 Å². The van der Waals surface area contributed by atoms with Gasteiger partial charge in [0.15, 0.2) is 5.60 Å². The van der Waals surface area contributed by atoms with E-state index >= 15 is 0 Å². The van der Waals surface area contributed by atoms with E-state index in [1.165, 1.54) is 12.1 Å². The van der Waals surface area contributed by atoms with E-state index in [1.54, 1.807) is 0 Å². The maximum Gasteiger partial charge on any atom is 0.421 e. The van der Waals surface area contributed by atoms with Crippen molar-refractivity contribution in [1.29, 1.82) is 0 Å². The van der Waals surface area contributed by atoms with Crippen LogP contribution in [0.2, 0.25) is 0 Å². The Kier molecular flexibility index (Phi) is 3.61. The monoisotopic (exact) mass is 256 g/mol. The van der Waals surface area contributed by atoms with Gasteiger partial charge in [0.25, 0.3) is 0 Å². The number of hydrogen-bond donors (Lipinski definition) is 1. The van der Waals surface area contributed by atoms with E-state index in [9.17, 15) is 27.1 Å². The molecule has 17 heavy (non-hydrogen) atoms. The maximum absolute atomic E-state index is 12.5. The van der Waals surface area contributed by atoms with Crippen LogP contribution in [-0.4, -0.2) is 17.9 Å². The van der Waals surface area contributed by atoms with E-state index in [1.807, 2.05) is 0 Å². The summed E-state index contributed by atoms with van der Waals surface area (Å²) in [5.41, 5.74) is -4.01. The third-order valence-electron chi connectivity index (χ3n) is 2.18. The zero-order chi connectivity index (χ0) is 13.3. The summed E-state index contributed by atoms with van der Waals surface area (Å²) in [4.78, 5) is 0. The van der Waals surface area contributed by atoms with Gasteiger partial charge in [-0.05, 0) is 13.0 Å². The van der Waals surface area contributed by atoms with Crippen molar-refractivity contribution in [3.05, 3.63) is 29.8 Å². The van der Waals surface area contributed by atoms with Gasteiger partial charge in [-0.25, -0.2) is 0 Å². The summed E-state index contributed by atoms with van der Waals surface area (Å²) in [6.07, 6.45) is -4.99. The summed E-state index contributed by atoms with van der Waals surface area (Å²) >= 11 is 0. The Hall–Kier alpha value is -1.37. The lowest BCUT2D eigenvalue weighted by molar-refractivity contribution is -0.259. The van der Waals surface area contributed by atoms with Crippen LogP contribution in [0.3, 0.4) is 0 Å². The van der Waals surface area contributed by atoms with Crippen molar-refractivity contribution in [1.82, 2.24) is 0 Å². The zero-order valence-electron chi connectivity index (χ0n) is 8.63. The molecule has 0 heterocycles. The molecule has 0 amide bonds. The topological polar surface area (TPSA) is 29.5 Å². The highest BCUT2D eigenvalue weighted by Crippen LogP contribution is 2.42.